The molecule has 9 heteroatoms. The van der Waals surface area contributed by atoms with Crippen molar-refractivity contribution in [2.45, 2.75) is 50.8 Å². The minimum absolute atomic E-state index is 0.0278. The molecule has 1 fully saturated rings. The van der Waals surface area contributed by atoms with Gasteiger partial charge < -0.3 is 19.3 Å². The number of ketones is 1. The van der Waals surface area contributed by atoms with Gasteiger partial charge in [-0.05, 0) is 37.8 Å². The van der Waals surface area contributed by atoms with Crippen molar-refractivity contribution < 1.29 is 23.8 Å². The lowest BCUT2D eigenvalue weighted by molar-refractivity contribution is -0.0910. The molecule has 2 aromatic rings. The molecule has 2 aliphatic rings. The van der Waals surface area contributed by atoms with E-state index < -0.39 is 34.2 Å². The number of halogens is 2. The van der Waals surface area contributed by atoms with Gasteiger partial charge in [0.15, 0.2) is 17.2 Å². The molecule has 1 spiro atoms. The molecule has 1 aliphatic carbocycles. The van der Waals surface area contributed by atoms with Crippen LogP contribution in [0, 0.1) is 5.82 Å². The molecule has 1 aromatic carbocycles. The van der Waals surface area contributed by atoms with Crippen LogP contribution >= 0.6 is 11.6 Å². The zero-order chi connectivity index (χ0) is 23.2. The number of carbonyl (C=O) groups excluding carboxylic acids is 2. The number of nitrogens with zero attached hydrogens (tertiary/aromatic N) is 2. The molecular formula is C23H24ClFN2O5. The quantitative estimate of drug-likeness (QED) is 0.666. The highest BCUT2D eigenvalue weighted by Crippen LogP contribution is 2.44. The van der Waals surface area contributed by atoms with Gasteiger partial charge in [0.05, 0.1) is 22.2 Å². The lowest BCUT2D eigenvalue weighted by atomic mass is 9.71. The van der Waals surface area contributed by atoms with Gasteiger partial charge in [0.25, 0.3) is 5.91 Å². The van der Waals surface area contributed by atoms with Crippen molar-refractivity contribution >= 4 is 23.3 Å². The van der Waals surface area contributed by atoms with Crippen molar-refractivity contribution in [2.75, 3.05) is 13.7 Å². The summed E-state index contributed by atoms with van der Waals surface area (Å²) in [6.45, 7) is 2.62. The number of hydrogen-bond acceptors (Lipinski definition) is 5. The van der Waals surface area contributed by atoms with Gasteiger partial charge in [-0.2, -0.15) is 0 Å². The van der Waals surface area contributed by atoms with Crippen molar-refractivity contribution in [1.29, 1.82) is 0 Å². The van der Waals surface area contributed by atoms with E-state index in [0.717, 1.165) is 0 Å². The number of aromatic hydroxyl groups is 1. The highest BCUT2D eigenvalue weighted by molar-refractivity contribution is 6.30. The fourth-order valence-corrected chi connectivity index (χ4v) is 5.04. The predicted molar refractivity (Wildman–Crippen MR) is 116 cm³/mol. The predicted octanol–water partition coefficient (Wildman–Crippen LogP) is 3.19. The number of aromatic nitrogens is 1. The first-order chi connectivity index (χ1) is 15.2. The third-order valence-corrected chi connectivity index (χ3v) is 6.85. The molecular weight excluding hydrogens is 439 g/mol. The van der Waals surface area contributed by atoms with Gasteiger partial charge in [0.1, 0.15) is 5.82 Å². The average Bonchev–Trinajstić information content (AvgIpc) is 2.74. The van der Waals surface area contributed by atoms with Crippen LogP contribution in [-0.2, 0) is 17.7 Å². The van der Waals surface area contributed by atoms with Gasteiger partial charge in [-0.25, -0.2) is 4.39 Å². The summed E-state index contributed by atoms with van der Waals surface area (Å²) in [6, 6.07) is 4.52. The number of pyridine rings is 1. The monoisotopic (exact) mass is 462 g/mol. The molecule has 1 aromatic heterocycles. The Balaban J connectivity index is 1.65. The first-order valence-corrected chi connectivity index (χ1v) is 10.9. The Bertz CT molecular complexity index is 1160. The molecule has 170 valence electrons. The molecule has 0 unspecified atom stereocenters. The Morgan fingerprint density at radius 3 is 2.72 bits per heavy atom. The smallest absolute Gasteiger partial charge is 0.275 e. The van der Waals surface area contributed by atoms with Crippen LogP contribution in [0.3, 0.4) is 0 Å². The van der Waals surface area contributed by atoms with E-state index in [4.69, 9.17) is 16.3 Å². The molecule has 1 amide bonds. The van der Waals surface area contributed by atoms with Gasteiger partial charge in [-0.15, -0.1) is 0 Å². The molecule has 0 bridgehead atoms. The second-order valence-electron chi connectivity index (χ2n) is 8.37. The van der Waals surface area contributed by atoms with Crippen molar-refractivity contribution in [3.63, 3.8) is 0 Å². The number of Topliss-reactive ketones (excluding diaryl/α,β-unsaturated/α-hetero) is 1. The minimum Gasteiger partial charge on any atom is -0.503 e. The van der Waals surface area contributed by atoms with Gasteiger partial charge in [0.2, 0.25) is 5.43 Å². The Hall–Kier alpha value is -2.71. The van der Waals surface area contributed by atoms with Crippen LogP contribution in [0.4, 0.5) is 4.39 Å². The normalized spacial score (nSPS) is 22.1. The summed E-state index contributed by atoms with van der Waals surface area (Å²) in [6.07, 6.45) is 2.55. The lowest BCUT2D eigenvalue weighted by Gasteiger charge is -2.56. The van der Waals surface area contributed by atoms with Gasteiger partial charge >= 0.3 is 0 Å². The highest BCUT2D eigenvalue weighted by Gasteiger charge is 2.54. The van der Waals surface area contributed by atoms with E-state index in [-0.39, 0.29) is 40.8 Å². The maximum Gasteiger partial charge on any atom is 0.275 e. The molecule has 4 rings (SSSR count). The molecule has 32 heavy (non-hydrogen) atoms. The Morgan fingerprint density at radius 1 is 1.34 bits per heavy atom. The number of benzene rings is 1. The number of aryl methyl sites for hydroxylation is 1. The summed E-state index contributed by atoms with van der Waals surface area (Å²) in [7, 11) is 1.62. The largest absolute Gasteiger partial charge is 0.503 e. The summed E-state index contributed by atoms with van der Waals surface area (Å²) in [5.74, 6) is -2.31. The first kappa shape index (κ1) is 22.5. The molecule has 1 aliphatic heterocycles. The fraction of sp³-hybridized carbons (Fsp3) is 0.435. The molecule has 0 saturated heterocycles. The minimum atomic E-state index is -0.892. The summed E-state index contributed by atoms with van der Waals surface area (Å²) in [5, 5.41) is 10.5. The van der Waals surface area contributed by atoms with E-state index in [9.17, 15) is 23.9 Å². The number of fused-ring (bicyclic) bond motifs is 1. The molecule has 7 nitrogen and oxygen atoms in total. The maximum absolute atomic E-state index is 14.1. The summed E-state index contributed by atoms with van der Waals surface area (Å²) in [4.78, 5) is 40.3. The zero-order valence-electron chi connectivity index (χ0n) is 17.9. The summed E-state index contributed by atoms with van der Waals surface area (Å²) in [5.41, 5.74) is -1.44. The van der Waals surface area contributed by atoms with E-state index in [1.54, 1.807) is 18.1 Å². The van der Waals surface area contributed by atoms with Crippen LogP contribution in [0.15, 0.2) is 29.2 Å². The van der Waals surface area contributed by atoms with Gasteiger partial charge in [-0.1, -0.05) is 23.7 Å². The second kappa shape index (κ2) is 8.33. The SMILES string of the molecule is CCN1C(=O)c2c(O)c(=O)c(C(=O)CCc3cccc(Cl)c3F)cn2CC12CC(OC)C2. The number of amides is 1. The van der Waals surface area contributed by atoms with E-state index in [0.29, 0.717) is 25.9 Å². The molecule has 0 atom stereocenters. The highest BCUT2D eigenvalue weighted by atomic mass is 35.5. The van der Waals surface area contributed by atoms with Crippen LogP contribution in [0.2, 0.25) is 5.02 Å². The third-order valence-electron chi connectivity index (χ3n) is 6.56. The second-order valence-corrected chi connectivity index (χ2v) is 8.78. The number of rotatable bonds is 6. The van der Waals surface area contributed by atoms with E-state index in [2.05, 4.69) is 0 Å². The van der Waals surface area contributed by atoms with Crippen molar-refractivity contribution in [2.24, 2.45) is 0 Å². The van der Waals surface area contributed by atoms with Gasteiger partial charge in [-0.3, -0.25) is 14.4 Å². The van der Waals surface area contributed by atoms with Crippen LogP contribution in [0.1, 0.15) is 52.6 Å². The Labute approximate surface area is 189 Å². The maximum atomic E-state index is 14.1. The fourth-order valence-electron chi connectivity index (χ4n) is 4.85. The summed E-state index contributed by atoms with van der Waals surface area (Å²) >= 11 is 5.78. The van der Waals surface area contributed by atoms with E-state index in [1.165, 1.54) is 22.9 Å². The molecule has 1 saturated carbocycles. The lowest BCUT2D eigenvalue weighted by Crippen LogP contribution is -2.66. The van der Waals surface area contributed by atoms with Crippen LogP contribution in [0.5, 0.6) is 5.75 Å². The van der Waals surface area contributed by atoms with Gasteiger partial charge in [0, 0.05) is 32.8 Å². The molecule has 2 heterocycles. The van der Waals surface area contributed by atoms with Crippen molar-refractivity contribution in [3.05, 3.63) is 62.3 Å². The standard InChI is InChI=1S/C23H24ClFN2O5/c1-3-27-22(31)19-21(30)20(29)15(11-26(19)12-23(27)9-14(10-23)32-2)17(28)8-7-13-5-4-6-16(24)18(13)25/h4-6,11,14,30H,3,7-10,12H2,1-2H3. The number of hydrogen-bond donors (Lipinski definition) is 1. The third kappa shape index (κ3) is 3.51. The number of carbonyl (C=O) groups is 2. The topological polar surface area (TPSA) is 88.8 Å². The molecule has 1 N–H and O–H groups in total. The Kier molecular flexibility index (Phi) is 5.85. The number of ether oxygens (including phenoxy) is 1. The van der Waals surface area contributed by atoms with E-state index >= 15 is 0 Å². The number of methoxy groups -OCH3 is 1. The molecule has 0 radical (unpaired) electrons. The first-order valence-electron chi connectivity index (χ1n) is 10.5. The van der Waals surface area contributed by atoms with Crippen LogP contribution in [-0.4, -0.2) is 51.6 Å². The number of likely N-dealkylation sites (N-methyl/N-ethyl adjacent to an activating group) is 1. The average molecular weight is 463 g/mol. The summed E-state index contributed by atoms with van der Waals surface area (Å²) < 4.78 is 21.0. The van der Waals surface area contributed by atoms with E-state index in [1.807, 2.05) is 6.92 Å². The zero-order valence-corrected chi connectivity index (χ0v) is 18.6. The van der Waals surface area contributed by atoms with Crippen LogP contribution < -0.4 is 5.43 Å². The van der Waals surface area contributed by atoms with Crippen molar-refractivity contribution in [1.82, 2.24) is 9.47 Å². The Morgan fingerprint density at radius 2 is 2.06 bits per heavy atom. The van der Waals surface area contributed by atoms with Crippen molar-refractivity contribution in [3.8, 4) is 5.75 Å². The van der Waals surface area contributed by atoms with Crippen LogP contribution in [0.25, 0.3) is 0 Å².